The number of anilines is 1. The summed E-state index contributed by atoms with van der Waals surface area (Å²) in [7, 11) is 0. The van der Waals surface area contributed by atoms with Crippen molar-refractivity contribution in [2.24, 2.45) is 5.73 Å². The summed E-state index contributed by atoms with van der Waals surface area (Å²) in [5.41, 5.74) is 15.1. The van der Waals surface area contributed by atoms with E-state index in [2.05, 4.69) is 24.9 Å². The van der Waals surface area contributed by atoms with Crippen LogP contribution in [0.5, 0.6) is 0 Å². The van der Waals surface area contributed by atoms with Crippen LogP contribution in [0.25, 0.3) is 11.2 Å². The molecule has 0 unspecified atom stereocenters. The minimum absolute atomic E-state index is 0.368. The van der Waals surface area contributed by atoms with E-state index in [0.717, 1.165) is 5.56 Å². The molecule has 0 aromatic carbocycles. The number of aromatic nitrogens is 4. The first kappa shape index (κ1) is 13.0. The number of nitrogen functional groups attached to an aromatic ring is 1. The molecule has 0 spiro atoms. The molecule has 0 atom stereocenters. The highest BCUT2D eigenvalue weighted by Crippen LogP contribution is 2.25. The molecule has 3 aromatic rings. The van der Waals surface area contributed by atoms with Crippen molar-refractivity contribution in [3.63, 3.8) is 0 Å². The Hall–Kier alpha value is -3.03. The largest absolute Gasteiger partial charge is 0.396 e. The molecule has 0 saturated carbocycles. The lowest BCUT2D eigenvalue weighted by molar-refractivity contribution is 0.1000. The van der Waals surface area contributed by atoms with Gasteiger partial charge >= 0.3 is 0 Å². The molecule has 8 heteroatoms. The Labute approximate surface area is 119 Å². The molecule has 0 aliphatic carbocycles. The van der Waals surface area contributed by atoms with Gasteiger partial charge in [-0.15, -0.1) is 0 Å². The number of aryl methyl sites for hydroxylation is 1. The lowest BCUT2D eigenvalue weighted by Gasteiger charge is -2.08. The van der Waals surface area contributed by atoms with Crippen LogP contribution in [0.2, 0.25) is 0 Å². The van der Waals surface area contributed by atoms with E-state index in [4.69, 9.17) is 11.5 Å². The van der Waals surface area contributed by atoms with Gasteiger partial charge in [-0.2, -0.15) is 0 Å². The molecular weight excluding hydrogens is 272 g/mol. The second-order valence-corrected chi connectivity index (χ2v) is 4.60. The van der Waals surface area contributed by atoms with E-state index in [0.29, 0.717) is 40.2 Å². The Morgan fingerprint density at radius 3 is 2.95 bits per heavy atom. The molecule has 0 radical (unpaired) electrons. The number of nitrogens with two attached hydrogens (primary N) is 2. The standard InChI is InChI=1S/C13H12N6O2/c1-6-9(10(14)11-13(17-6)19-21-18-11)5-8-4-7(12(15)20)2-3-16-8/h2-4H,5,14H2,1H3,(H2,15,20). The van der Waals surface area contributed by atoms with E-state index in [9.17, 15) is 4.79 Å². The Kier molecular flexibility index (Phi) is 2.98. The average molecular weight is 284 g/mol. The van der Waals surface area contributed by atoms with Crippen LogP contribution in [0, 0.1) is 6.92 Å². The molecule has 0 bridgehead atoms. The molecule has 3 heterocycles. The van der Waals surface area contributed by atoms with Gasteiger partial charge in [0.15, 0.2) is 5.52 Å². The van der Waals surface area contributed by atoms with Crippen molar-refractivity contribution in [2.75, 3.05) is 5.73 Å². The van der Waals surface area contributed by atoms with Gasteiger partial charge in [-0.3, -0.25) is 9.78 Å². The molecule has 0 aliphatic rings. The van der Waals surface area contributed by atoms with E-state index in [1.807, 2.05) is 6.92 Å². The van der Waals surface area contributed by atoms with Gasteiger partial charge in [0.2, 0.25) is 11.6 Å². The van der Waals surface area contributed by atoms with Gasteiger partial charge in [-0.25, -0.2) is 9.61 Å². The monoisotopic (exact) mass is 284 g/mol. The second-order valence-electron chi connectivity index (χ2n) is 4.60. The molecule has 21 heavy (non-hydrogen) atoms. The number of amides is 1. The van der Waals surface area contributed by atoms with Crippen LogP contribution >= 0.6 is 0 Å². The van der Waals surface area contributed by atoms with Gasteiger partial charge in [0.1, 0.15) is 0 Å². The first-order valence-corrected chi connectivity index (χ1v) is 6.18. The number of hydrogen-bond donors (Lipinski definition) is 2. The summed E-state index contributed by atoms with van der Waals surface area (Å²) in [6.07, 6.45) is 1.94. The minimum Gasteiger partial charge on any atom is -0.396 e. The van der Waals surface area contributed by atoms with Gasteiger partial charge in [0.05, 0.1) is 5.69 Å². The lowest BCUT2D eigenvalue weighted by atomic mass is 10.0. The third kappa shape index (κ3) is 2.27. The molecule has 0 saturated heterocycles. The van der Waals surface area contributed by atoms with E-state index in [1.165, 1.54) is 6.20 Å². The number of fused-ring (bicyclic) bond motifs is 1. The molecule has 106 valence electrons. The van der Waals surface area contributed by atoms with Gasteiger partial charge < -0.3 is 11.5 Å². The number of carbonyl (C=O) groups excluding carboxylic acids is 1. The SMILES string of the molecule is Cc1nc2nonc2c(N)c1Cc1cc(C(N)=O)ccn1. The third-order valence-corrected chi connectivity index (χ3v) is 3.22. The minimum atomic E-state index is -0.502. The van der Waals surface area contributed by atoms with Gasteiger partial charge in [0.25, 0.3) is 0 Å². The zero-order valence-corrected chi connectivity index (χ0v) is 11.2. The van der Waals surface area contributed by atoms with Crippen LogP contribution < -0.4 is 11.5 Å². The second kappa shape index (κ2) is 4.82. The summed E-state index contributed by atoms with van der Waals surface area (Å²) in [5, 5.41) is 7.41. The fourth-order valence-electron chi connectivity index (χ4n) is 2.12. The average Bonchev–Trinajstić information content (AvgIpc) is 2.92. The quantitative estimate of drug-likeness (QED) is 0.718. The fourth-order valence-corrected chi connectivity index (χ4v) is 2.12. The summed E-state index contributed by atoms with van der Waals surface area (Å²) in [5.74, 6) is -0.502. The summed E-state index contributed by atoms with van der Waals surface area (Å²) in [6.45, 7) is 1.82. The summed E-state index contributed by atoms with van der Waals surface area (Å²) in [6, 6.07) is 3.19. The number of nitrogens with zero attached hydrogens (tertiary/aromatic N) is 4. The highest BCUT2D eigenvalue weighted by atomic mass is 16.6. The van der Waals surface area contributed by atoms with Gasteiger partial charge in [0, 0.05) is 35.1 Å². The van der Waals surface area contributed by atoms with Crippen LogP contribution in [0.1, 0.15) is 27.3 Å². The number of rotatable bonds is 3. The van der Waals surface area contributed by atoms with E-state index >= 15 is 0 Å². The maximum atomic E-state index is 11.2. The number of pyridine rings is 2. The zero-order chi connectivity index (χ0) is 15.0. The van der Waals surface area contributed by atoms with Crippen LogP contribution in [0.4, 0.5) is 5.69 Å². The van der Waals surface area contributed by atoms with Crippen LogP contribution in [-0.2, 0) is 6.42 Å². The third-order valence-electron chi connectivity index (χ3n) is 3.22. The molecule has 3 aromatic heterocycles. The van der Waals surface area contributed by atoms with Crippen LogP contribution in [-0.4, -0.2) is 26.2 Å². The first-order valence-electron chi connectivity index (χ1n) is 6.18. The summed E-state index contributed by atoms with van der Waals surface area (Å²) < 4.78 is 4.64. The smallest absolute Gasteiger partial charge is 0.248 e. The Balaban J connectivity index is 2.05. The van der Waals surface area contributed by atoms with Crippen LogP contribution in [0.3, 0.4) is 0 Å². The highest BCUT2D eigenvalue weighted by molar-refractivity contribution is 5.92. The number of primary amides is 1. The zero-order valence-electron chi connectivity index (χ0n) is 11.2. The fraction of sp³-hybridized carbons (Fsp3) is 0.154. The van der Waals surface area contributed by atoms with Crippen molar-refractivity contribution in [2.45, 2.75) is 13.3 Å². The topological polar surface area (TPSA) is 134 Å². The summed E-state index contributed by atoms with van der Waals surface area (Å²) in [4.78, 5) is 19.7. The predicted molar refractivity (Wildman–Crippen MR) is 74.3 cm³/mol. The van der Waals surface area contributed by atoms with Crippen molar-refractivity contribution >= 4 is 22.8 Å². The molecular formula is C13H12N6O2. The molecule has 3 rings (SSSR count). The number of carbonyl (C=O) groups is 1. The van der Waals surface area contributed by atoms with Crippen molar-refractivity contribution in [3.05, 3.63) is 40.8 Å². The molecule has 0 fully saturated rings. The van der Waals surface area contributed by atoms with E-state index < -0.39 is 5.91 Å². The molecule has 1 amide bonds. The molecule has 4 N–H and O–H groups in total. The maximum Gasteiger partial charge on any atom is 0.248 e. The molecule has 8 nitrogen and oxygen atoms in total. The molecule has 0 aliphatic heterocycles. The van der Waals surface area contributed by atoms with Crippen molar-refractivity contribution in [1.82, 2.24) is 20.3 Å². The Morgan fingerprint density at radius 1 is 1.38 bits per heavy atom. The van der Waals surface area contributed by atoms with Gasteiger partial charge in [-0.05, 0) is 29.4 Å². The van der Waals surface area contributed by atoms with E-state index in [1.54, 1.807) is 12.1 Å². The van der Waals surface area contributed by atoms with Crippen molar-refractivity contribution in [1.29, 1.82) is 0 Å². The lowest BCUT2D eigenvalue weighted by Crippen LogP contribution is -2.12. The normalized spacial score (nSPS) is 10.9. The Morgan fingerprint density at radius 2 is 2.19 bits per heavy atom. The van der Waals surface area contributed by atoms with Crippen molar-refractivity contribution < 1.29 is 9.42 Å². The first-order chi connectivity index (χ1) is 10.1. The Bertz CT molecular complexity index is 842. The predicted octanol–water partition coefficient (Wildman–Crippen LogP) is 0.593. The summed E-state index contributed by atoms with van der Waals surface area (Å²) >= 11 is 0. The van der Waals surface area contributed by atoms with Crippen molar-refractivity contribution in [3.8, 4) is 0 Å². The van der Waals surface area contributed by atoms with E-state index in [-0.39, 0.29) is 0 Å². The highest BCUT2D eigenvalue weighted by Gasteiger charge is 2.15. The number of hydrogen-bond acceptors (Lipinski definition) is 7. The maximum absolute atomic E-state index is 11.2. The van der Waals surface area contributed by atoms with Crippen LogP contribution in [0.15, 0.2) is 23.0 Å². The van der Waals surface area contributed by atoms with Gasteiger partial charge in [-0.1, -0.05) is 0 Å².